The third-order valence-electron chi connectivity index (χ3n) is 2.52. The lowest BCUT2D eigenvalue weighted by Gasteiger charge is -2.17. The zero-order valence-corrected chi connectivity index (χ0v) is 7.93. The second kappa shape index (κ2) is 4.07. The molecule has 1 aliphatic heterocycles. The van der Waals surface area contributed by atoms with Crippen LogP contribution in [0.5, 0.6) is 0 Å². The summed E-state index contributed by atoms with van der Waals surface area (Å²) < 4.78 is 0. The standard InChI is InChI=1S/C9H20N2/c1-4-8(2)10-9-5-6-11(3)7-9/h8-10H,4-7H2,1-3H3/t8-,9+/m0/s1. The van der Waals surface area contributed by atoms with Crippen LogP contribution in [0.25, 0.3) is 0 Å². The second-order valence-electron chi connectivity index (χ2n) is 3.72. The molecule has 1 rings (SSSR count). The third kappa shape index (κ3) is 2.80. The first-order valence-electron chi connectivity index (χ1n) is 4.67. The lowest BCUT2D eigenvalue weighted by atomic mass is 10.2. The summed E-state index contributed by atoms with van der Waals surface area (Å²) in [5.74, 6) is 0. The van der Waals surface area contributed by atoms with Crippen LogP contribution in [-0.4, -0.2) is 37.1 Å². The molecule has 1 fully saturated rings. The van der Waals surface area contributed by atoms with Gasteiger partial charge in [0.05, 0.1) is 0 Å². The van der Waals surface area contributed by atoms with Crippen molar-refractivity contribution in [3.63, 3.8) is 0 Å². The van der Waals surface area contributed by atoms with Gasteiger partial charge < -0.3 is 10.2 Å². The van der Waals surface area contributed by atoms with Gasteiger partial charge >= 0.3 is 0 Å². The highest BCUT2D eigenvalue weighted by molar-refractivity contribution is 4.80. The van der Waals surface area contributed by atoms with Crippen molar-refractivity contribution in [3.8, 4) is 0 Å². The number of hydrogen-bond acceptors (Lipinski definition) is 2. The van der Waals surface area contributed by atoms with Gasteiger partial charge in [0.25, 0.3) is 0 Å². The highest BCUT2D eigenvalue weighted by atomic mass is 15.2. The number of likely N-dealkylation sites (N-methyl/N-ethyl adjacent to an activating group) is 1. The lowest BCUT2D eigenvalue weighted by molar-refractivity contribution is 0.383. The molecular formula is C9H20N2. The minimum atomic E-state index is 0.687. The van der Waals surface area contributed by atoms with Crippen LogP contribution in [0.15, 0.2) is 0 Å². The van der Waals surface area contributed by atoms with Crippen molar-refractivity contribution in [3.05, 3.63) is 0 Å². The summed E-state index contributed by atoms with van der Waals surface area (Å²) in [5, 5.41) is 3.62. The number of hydrogen-bond donors (Lipinski definition) is 1. The molecule has 0 saturated carbocycles. The van der Waals surface area contributed by atoms with Crippen LogP contribution >= 0.6 is 0 Å². The van der Waals surface area contributed by atoms with E-state index < -0.39 is 0 Å². The Morgan fingerprint density at radius 2 is 2.36 bits per heavy atom. The Labute approximate surface area is 70.0 Å². The van der Waals surface area contributed by atoms with Crippen molar-refractivity contribution >= 4 is 0 Å². The molecule has 1 heterocycles. The van der Waals surface area contributed by atoms with Crippen molar-refractivity contribution in [1.82, 2.24) is 10.2 Å². The zero-order valence-electron chi connectivity index (χ0n) is 7.93. The van der Waals surface area contributed by atoms with Gasteiger partial charge in [0.1, 0.15) is 0 Å². The van der Waals surface area contributed by atoms with Crippen LogP contribution in [0, 0.1) is 0 Å². The van der Waals surface area contributed by atoms with Gasteiger partial charge in [-0.1, -0.05) is 6.92 Å². The van der Waals surface area contributed by atoms with Crippen LogP contribution in [0.1, 0.15) is 26.7 Å². The quantitative estimate of drug-likeness (QED) is 0.658. The summed E-state index contributed by atoms with van der Waals surface area (Å²) in [5.41, 5.74) is 0. The molecule has 0 aromatic heterocycles. The predicted molar refractivity (Wildman–Crippen MR) is 48.8 cm³/mol. The van der Waals surface area contributed by atoms with E-state index in [4.69, 9.17) is 0 Å². The molecule has 0 amide bonds. The Hall–Kier alpha value is -0.0800. The van der Waals surface area contributed by atoms with Crippen molar-refractivity contribution in [1.29, 1.82) is 0 Å². The molecule has 0 aromatic carbocycles. The molecule has 2 nitrogen and oxygen atoms in total. The molecule has 11 heavy (non-hydrogen) atoms. The average Bonchev–Trinajstić information content (AvgIpc) is 2.35. The number of rotatable bonds is 3. The fourth-order valence-electron chi connectivity index (χ4n) is 1.59. The summed E-state index contributed by atoms with van der Waals surface area (Å²) in [6.07, 6.45) is 2.56. The molecule has 1 N–H and O–H groups in total. The van der Waals surface area contributed by atoms with Crippen LogP contribution < -0.4 is 5.32 Å². The van der Waals surface area contributed by atoms with E-state index in [1.165, 1.54) is 25.9 Å². The van der Waals surface area contributed by atoms with Crippen molar-refractivity contribution in [2.24, 2.45) is 0 Å². The Balaban J connectivity index is 2.17. The van der Waals surface area contributed by atoms with Gasteiger partial charge in [-0.05, 0) is 33.4 Å². The first-order valence-corrected chi connectivity index (χ1v) is 4.67. The molecule has 2 atom stereocenters. The SMILES string of the molecule is CC[C@H](C)N[C@@H]1CCN(C)C1. The van der Waals surface area contributed by atoms with E-state index in [0.717, 1.165) is 6.04 Å². The van der Waals surface area contributed by atoms with E-state index >= 15 is 0 Å². The van der Waals surface area contributed by atoms with Gasteiger partial charge in [-0.25, -0.2) is 0 Å². The number of likely N-dealkylation sites (tertiary alicyclic amines) is 1. The Morgan fingerprint density at radius 3 is 2.82 bits per heavy atom. The maximum absolute atomic E-state index is 3.62. The summed E-state index contributed by atoms with van der Waals surface area (Å²) in [6, 6.07) is 1.43. The molecule has 2 heteroatoms. The van der Waals surface area contributed by atoms with E-state index in [9.17, 15) is 0 Å². The average molecular weight is 156 g/mol. The molecule has 1 saturated heterocycles. The second-order valence-corrected chi connectivity index (χ2v) is 3.72. The summed E-state index contributed by atoms with van der Waals surface area (Å²) in [7, 11) is 2.19. The summed E-state index contributed by atoms with van der Waals surface area (Å²) in [6.45, 7) is 6.98. The molecular weight excluding hydrogens is 136 g/mol. The highest BCUT2D eigenvalue weighted by Gasteiger charge is 2.19. The van der Waals surface area contributed by atoms with Crippen LogP contribution in [0.3, 0.4) is 0 Å². The summed E-state index contributed by atoms with van der Waals surface area (Å²) >= 11 is 0. The maximum atomic E-state index is 3.62. The number of nitrogens with zero attached hydrogens (tertiary/aromatic N) is 1. The topological polar surface area (TPSA) is 15.3 Å². The molecule has 66 valence electrons. The van der Waals surface area contributed by atoms with Gasteiger partial charge in [0.15, 0.2) is 0 Å². The molecule has 0 spiro atoms. The van der Waals surface area contributed by atoms with Gasteiger partial charge in [-0.3, -0.25) is 0 Å². The monoisotopic (exact) mass is 156 g/mol. The Bertz CT molecular complexity index is 114. The molecule has 0 radical (unpaired) electrons. The lowest BCUT2D eigenvalue weighted by Crippen LogP contribution is -2.37. The van der Waals surface area contributed by atoms with Gasteiger partial charge in [-0.2, -0.15) is 0 Å². The van der Waals surface area contributed by atoms with E-state index in [1.807, 2.05) is 0 Å². The van der Waals surface area contributed by atoms with Crippen molar-refractivity contribution in [2.45, 2.75) is 38.8 Å². The van der Waals surface area contributed by atoms with Crippen molar-refractivity contribution in [2.75, 3.05) is 20.1 Å². The first kappa shape index (κ1) is 9.01. The van der Waals surface area contributed by atoms with Crippen LogP contribution in [-0.2, 0) is 0 Å². The van der Waals surface area contributed by atoms with Gasteiger partial charge in [-0.15, -0.1) is 0 Å². The minimum absolute atomic E-state index is 0.687. The zero-order chi connectivity index (χ0) is 8.27. The fourth-order valence-corrected chi connectivity index (χ4v) is 1.59. The largest absolute Gasteiger partial charge is 0.310 e. The van der Waals surface area contributed by atoms with E-state index in [0.29, 0.717) is 6.04 Å². The molecule has 1 aliphatic rings. The Kier molecular flexibility index (Phi) is 3.34. The molecule has 0 aromatic rings. The third-order valence-corrected chi connectivity index (χ3v) is 2.52. The van der Waals surface area contributed by atoms with Gasteiger partial charge in [0.2, 0.25) is 0 Å². The summed E-state index contributed by atoms with van der Waals surface area (Å²) in [4.78, 5) is 2.39. The normalized spacial score (nSPS) is 29.2. The number of nitrogens with one attached hydrogen (secondary N) is 1. The van der Waals surface area contributed by atoms with E-state index in [-0.39, 0.29) is 0 Å². The fraction of sp³-hybridized carbons (Fsp3) is 1.00. The molecule has 0 unspecified atom stereocenters. The molecule has 0 bridgehead atoms. The van der Waals surface area contributed by atoms with Gasteiger partial charge in [0, 0.05) is 18.6 Å². The Morgan fingerprint density at radius 1 is 1.64 bits per heavy atom. The predicted octanol–water partition coefficient (Wildman–Crippen LogP) is 1.08. The van der Waals surface area contributed by atoms with Crippen LogP contribution in [0.4, 0.5) is 0 Å². The van der Waals surface area contributed by atoms with E-state index in [1.54, 1.807) is 0 Å². The molecule has 0 aliphatic carbocycles. The first-order chi connectivity index (χ1) is 5.22. The maximum Gasteiger partial charge on any atom is 0.0209 e. The highest BCUT2D eigenvalue weighted by Crippen LogP contribution is 2.07. The smallest absolute Gasteiger partial charge is 0.0209 e. The van der Waals surface area contributed by atoms with Crippen LogP contribution in [0.2, 0.25) is 0 Å². The minimum Gasteiger partial charge on any atom is -0.310 e. The van der Waals surface area contributed by atoms with E-state index in [2.05, 4.69) is 31.1 Å². The van der Waals surface area contributed by atoms with Crippen molar-refractivity contribution < 1.29 is 0 Å².